The molecule has 1 aromatic rings. The van der Waals surface area contributed by atoms with Gasteiger partial charge in [-0.3, -0.25) is 0 Å². The Morgan fingerprint density at radius 3 is 2.64 bits per heavy atom. The molecule has 11 heavy (non-hydrogen) atoms. The molecule has 56 valence electrons. The molecule has 2 nitrogen and oxygen atoms in total. The molecule has 1 rings (SSSR count). The number of benzene rings is 1. The zero-order valence-electron chi connectivity index (χ0n) is 5.97. The molecule has 0 fully saturated rings. The fourth-order valence-corrected chi connectivity index (χ4v) is 0.726. The van der Waals surface area contributed by atoms with Crippen LogP contribution in [0.1, 0.15) is 10.4 Å². The first-order valence-electron chi connectivity index (χ1n) is 3.10. The first-order valence-corrected chi connectivity index (χ1v) is 3.10. The van der Waals surface area contributed by atoms with Gasteiger partial charge in [0, 0.05) is 0 Å². The highest BCUT2D eigenvalue weighted by Gasteiger charge is 2.04. The van der Waals surface area contributed by atoms with Crippen LogP contribution in [-0.2, 0) is 0 Å². The minimum Gasteiger partial charge on any atom is -0.478 e. The smallest absolute Gasteiger partial charge is 0.335 e. The van der Waals surface area contributed by atoms with E-state index >= 15 is 0 Å². The molecule has 0 amide bonds. The van der Waals surface area contributed by atoms with Crippen LogP contribution < -0.4 is 5.46 Å². The summed E-state index contributed by atoms with van der Waals surface area (Å²) in [6.45, 7) is 0. The Morgan fingerprint density at radius 2 is 2.18 bits per heavy atom. The number of aromatic carboxylic acids is 1. The largest absolute Gasteiger partial charge is 0.478 e. The highest BCUT2D eigenvalue weighted by atomic mass is 19.1. The number of hydrogen-bond donors (Lipinski definition) is 1. The lowest BCUT2D eigenvalue weighted by atomic mass is 9.94. The highest BCUT2D eigenvalue weighted by Crippen LogP contribution is 1.99. The average molecular weight is 152 g/mol. The van der Waals surface area contributed by atoms with Crippen molar-refractivity contribution in [2.75, 3.05) is 0 Å². The fraction of sp³-hybridized carbons (Fsp3) is 0. The molecule has 0 bridgehead atoms. The average Bonchev–Trinajstić information content (AvgIpc) is 1.94. The summed E-state index contributed by atoms with van der Waals surface area (Å²) >= 11 is 0. The van der Waals surface area contributed by atoms with Crippen LogP contribution in [0.3, 0.4) is 0 Å². The second kappa shape index (κ2) is 2.74. The van der Waals surface area contributed by atoms with Crippen LogP contribution >= 0.6 is 0 Å². The minimum atomic E-state index is -1.11. The Labute approximate surface area is 64.1 Å². The van der Waals surface area contributed by atoms with Gasteiger partial charge in [-0.05, 0) is 12.1 Å². The maximum Gasteiger partial charge on any atom is 0.335 e. The van der Waals surface area contributed by atoms with Crippen molar-refractivity contribution >= 4 is 19.3 Å². The Kier molecular flexibility index (Phi) is 1.94. The van der Waals surface area contributed by atoms with Crippen LogP contribution in [0.5, 0.6) is 0 Å². The second-order valence-electron chi connectivity index (χ2n) is 2.27. The lowest BCUT2D eigenvalue weighted by molar-refractivity contribution is 0.0696. The molecule has 0 radical (unpaired) electrons. The van der Waals surface area contributed by atoms with E-state index in [1.54, 1.807) is 7.85 Å². The molecule has 0 aliphatic heterocycles. The van der Waals surface area contributed by atoms with E-state index < -0.39 is 11.8 Å². The van der Waals surface area contributed by atoms with E-state index in [2.05, 4.69) is 0 Å². The number of carboxylic acids is 1. The van der Waals surface area contributed by atoms with Crippen molar-refractivity contribution in [3.63, 3.8) is 0 Å². The van der Waals surface area contributed by atoms with Gasteiger partial charge in [-0.25, -0.2) is 9.18 Å². The Balaban J connectivity index is 3.15. The maximum atomic E-state index is 12.7. The van der Waals surface area contributed by atoms with Crippen molar-refractivity contribution in [1.29, 1.82) is 0 Å². The lowest BCUT2D eigenvalue weighted by Gasteiger charge is -1.96. The number of carboxylic acid groups (broad SMARTS) is 1. The van der Waals surface area contributed by atoms with Crippen molar-refractivity contribution in [3.05, 3.63) is 29.6 Å². The zero-order chi connectivity index (χ0) is 8.43. The molecule has 0 aromatic heterocycles. The van der Waals surface area contributed by atoms with Gasteiger partial charge in [0.1, 0.15) is 13.7 Å². The molecular formula is C7H6BFO2. The van der Waals surface area contributed by atoms with Crippen molar-refractivity contribution < 1.29 is 14.3 Å². The van der Waals surface area contributed by atoms with E-state index in [1.807, 2.05) is 0 Å². The van der Waals surface area contributed by atoms with Gasteiger partial charge in [-0.15, -0.1) is 0 Å². The van der Waals surface area contributed by atoms with Crippen molar-refractivity contribution in [2.45, 2.75) is 0 Å². The molecule has 1 N–H and O–H groups in total. The van der Waals surface area contributed by atoms with Gasteiger partial charge < -0.3 is 5.11 Å². The van der Waals surface area contributed by atoms with E-state index in [0.29, 0.717) is 5.46 Å². The number of halogens is 1. The van der Waals surface area contributed by atoms with Crippen molar-refractivity contribution in [2.24, 2.45) is 0 Å². The van der Waals surface area contributed by atoms with Crippen LogP contribution in [0.4, 0.5) is 4.39 Å². The van der Waals surface area contributed by atoms with Gasteiger partial charge in [0.25, 0.3) is 0 Å². The summed E-state index contributed by atoms with van der Waals surface area (Å²) < 4.78 is 12.7. The summed E-state index contributed by atoms with van der Waals surface area (Å²) in [5.41, 5.74) is 0.433. The van der Waals surface area contributed by atoms with E-state index in [9.17, 15) is 9.18 Å². The van der Waals surface area contributed by atoms with E-state index in [-0.39, 0.29) is 5.56 Å². The second-order valence-corrected chi connectivity index (χ2v) is 2.27. The summed E-state index contributed by atoms with van der Waals surface area (Å²) in [5.74, 6) is -1.59. The maximum absolute atomic E-state index is 12.7. The standard InChI is InChI=1S/C7H6BFO2/c8-5-2-1-4(7(10)11)3-6(5)9/h1-3H,8H2,(H,10,11). The van der Waals surface area contributed by atoms with Gasteiger partial charge in [0.2, 0.25) is 0 Å². The summed E-state index contributed by atoms with van der Waals surface area (Å²) in [6, 6.07) is 3.83. The van der Waals surface area contributed by atoms with E-state index in [0.717, 1.165) is 6.07 Å². The molecule has 0 spiro atoms. The van der Waals surface area contributed by atoms with Gasteiger partial charge in [-0.2, -0.15) is 0 Å². The van der Waals surface area contributed by atoms with Crippen LogP contribution in [0.25, 0.3) is 0 Å². The SMILES string of the molecule is Bc1ccc(C(=O)O)cc1F. The first-order chi connectivity index (χ1) is 5.11. The van der Waals surface area contributed by atoms with Crippen LogP contribution in [0.2, 0.25) is 0 Å². The molecule has 0 saturated carbocycles. The first kappa shape index (κ1) is 7.79. The number of carbonyl (C=O) groups is 1. The van der Waals surface area contributed by atoms with Crippen LogP contribution in [-0.4, -0.2) is 18.9 Å². The third kappa shape index (κ3) is 1.58. The quantitative estimate of drug-likeness (QED) is 0.565. The molecule has 1 aromatic carbocycles. The molecule has 0 saturated heterocycles. The lowest BCUT2D eigenvalue weighted by Crippen LogP contribution is -2.09. The van der Waals surface area contributed by atoms with Gasteiger partial charge in [0.15, 0.2) is 0 Å². The normalized spacial score (nSPS) is 9.55. The van der Waals surface area contributed by atoms with Gasteiger partial charge >= 0.3 is 5.97 Å². The molecule has 4 heteroatoms. The number of rotatable bonds is 1. The molecular weight excluding hydrogens is 146 g/mol. The summed E-state index contributed by atoms with van der Waals surface area (Å²) in [7, 11) is 1.58. The molecule has 0 aliphatic rings. The van der Waals surface area contributed by atoms with Gasteiger partial charge in [0.05, 0.1) is 5.56 Å². The van der Waals surface area contributed by atoms with E-state index in [4.69, 9.17) is 5.11 Å². The van der Waals surface area contributed by atoms with Gasteiger partial charge in [-0.1, -0.05) is 11.5 Å². The van der Waals surface area contributed by atoms with E-state index in [1.165, 1.54) is 12.1 Å². The summed E-state index contributed by atoms with van der Waals surface area (Å²) in [6.07, 6.45) is 0. The topological polar surface area (TPSA) is 37.3 Å². The Hall–Kier alpha value is -1.32. The summed E-state index contributed by atoms with van der Waals surface area (Å²) in [4.78, 5) is 10.3. The molecule has 0 aliphatic carbocycles. The Morgan fingerprint density at radius 1 is 1.55 bits per heavy atom. The predicted octanol–water partition coefficient (Wildman–Crippen LogP) is -0.218. The zero-order valence-corrected chi connectivity index (χ0v) is 5.97. The van der Waals surface area contributed by atoms with Crippen LogP contribution in [0.15, 0.2) is 18.2 Å². The van der Waals surface area contributed by atoms with Crippen LogP contribution in [0, 0.1) is 5.82 Å². The third-order valence-electron chi connectivity index (χ3n) is 1.42. The molecule has 0 heterocycles. The molecule has 0 unspecified atom stereocenters. The molecule has 0 atom stereocenters. The monoisotopic (exact) mass is 152 g/mol. The fourth-order valence-electron chi connectivity index (χ4n) is 0.726. The van der Waals surface area contributed by atoms with Crippen molar-refractivity contribution in [3.8, 4) is 0 Å². The Bertz CT molecular complexity index is 298. The predicted molar refractivity (Wildman–Crippen MR) is 41.5 cm³/mol. The van der Waals surface area contributed by atoms with Crippen molar-refractivity contribution in [1.82, 2.24) is 0 Å². The third-order valence-corrected chi connectivity index (χ3v) is 1.42. The number of hydrogen-bond acceptors (Lipinski definition) is 1. The highest BCUT2D eigenvalue weighted by molar-refractivity contribution is 6.32. The minimum absolute atomic E-state index is 0.0203. The summed E-state index contributed by atoms with van der Waals surface area (Å²) in [5, 5.41) is 8.43.